The molecule has 0 aromatic heterocycles. The highest BCUT2D eigenvalue weighted by Gasteiger charge is 2.32. The Morgan fingerprint density at radius 3 is 2.65 bits per heavy atom. The molecular formula is C19H28N2O2. The Morgan fingerprint density at radius 2 is 2.00 bits per heavy atom. The van der Waals surface area contributed by atoms with Crippen molar-refractivity contribution in [3.8, 4) is 0 Å². The van der Waals surface area contributed by atoms with Gasteiger partial charge in [-0.2, -0.15) is 0 Å². The van der Waals surface area contributed by atoms with Gasteiger partial charge in [-0.05, 0) is 68.7 Å². The van der Waals surface area contributed by atoms with E-state index in [0.29, 0.717) is 6.42 Å². The van der Waals surface area contributed by atoms with Crippen molar-refractivity contribution in [2.24, 2.45) is 0 Å². The number of carboxylic acids is 1. The summed E-state index contributed by atoms with van der Waals surface area (Å²) in [6.07, 6.45) is 6.94. The number of hydrogen-bond donors (Lipinski definition) is 2. The average Bonchev–Trinajstić information content (AvgIpc) is 2.53. The van der Waals surface area contributed by atoms with Crippen LogP contribution in [0.2, 0.25) is 0 Å². The second kappa shape index (κ2) is 6.42. The van der Waals surface area contributed by atoms with Gasteiger partial charge in [0, 0.05) is 19.5 Å². The molecule has 0 amide bonds. The van der Waals surface area contributed by atoms with Gasteiger partial charge in [-0.3, -0.25) is 4.79 Å². The normalized spacial score (nSPS) is 23.0. The van der Waals surface area contributed by atoms with E-state index in [1.165, 1.54) is 48.2 Å². The first kappa shape index (κ1) is 16.2. The van der Waals surface area contributed by atoms with Crippen LogP contribution in [0.25, 0.3) is 0 Å². The Labute approximate surface area is 138 Å². The summed E-state index contributed by atoms with van der Waals surface area (Å²) in [5, 5.41) is 12.7. The molecule has 0 fully saturated rings. The largest absolute Gasteiger partial charge is 0.481 e. The van der Waals surface area contributed by atoms with E-state index < -0.39 is 5.97 Å². The average molecular weight is 316 g/mol. The fourth-order valence-electron chi connectivity index (χ4n) is 3.83. The zero-order chi connectivity index (χ0) is 16.4. The number of nitrogens with one attached hydrogen (secondary N) is 1. The van der Waals surface area contributed by atoms with Crippen LogP contribution in [0.3, 0.4) is 0 Å². The number of aliphatic carboxylic acids is 1. The third-order valence-electron chi connectivity index (χ3n) is 5.38. The predicted molar refractivity (Wildman–Crippen MR) is 94.5 cm³/mol. The zero-order valence-electron chi connectivity index (χ0n) is 14.3. The summed E-state index contributed by atoms with van der Waals surface area (Å²) in [6, 6.07) is 4.70. The number of carboxylic acid groups (broad SMARTS) is 1. The second-order valence-electron chi connectivity index (χ2n) is 7.30. The van der Waals surface area contributed by atoms with Crippen molar-refractivity contribution in [3.63, 3.8) is 0 Å². The molecule has 4 heteroatoms. The monoisotopic (exact) mass is 316 g/mol. The number of anilines is 2. The highest BCUT2D eigenvalue weighted by atomic mass is 16.4. The van der Waals surface area contributed by atoms with E-state index in [1.54, 1.807) is 0 Å². The van der Waals surface area contributed by atoms with Crippen molar-refractivity contribution in [2.45, 2.75) is 64.3 Å². The molecule has 0 saturated carbocycles. The molecule has 0 saturated heterocycles. The van der Waals surface area contributed by atoms with Gasteiger partial charge in [0.1, 0.15) is 0 Å². The van der Waals surface area contributed by atoms with Gasteiger partial charge in [-0.15, -0.1) is 0 Å². The SMILES string of the molecule is CCC1(C)CN(CCCC(=O)O)c2cc3c(cc2N1)CCCC3. The van der Waals surface area contributed by atoms with Gasteiger partial charge < -0.3 is 15.3 Å². The molecule has 1 heterocycles. The van der Waals surface area contributed by atoms with Crippen LogP contribution >= 0.6 is 0 Å². The van der Waals surface area contributed by atoms with Gasteiger partial charge in [0.05, 0.1) is 16.9 Å². The lowest BCUT2D eigenvalue weighted by Crippen LogP contribution is -2.50. The first-order valence-electron chi connectivity index (χ1n) is 8.91. The van der Waals surface area contributed by atoms with Gasteiger partial charge in [0.25, 0.3) is 0 Å². The van der Waals surface area contributed by atoms with Crippen molar-refractivity contribution < 1.29 is 9.90 Å². The van der Waals surface area contributed by atoms with E-state index in [0.717, 1.165) is 19.5 Å². The van der Waals surface area contributed by atoms with Crippen molar-refractivity contribution >= 4 is 17.3 Å². The summed E-state index contributed by atoms with van der Waals surface area (Å²) in [5.74, 6) is -0.705. The van der Waals surface area contributed by atoms with Gasteiger partial charge in [-0.25, -0.2) is 0 Å². The molecule has 2 N–H and O–H groups in total. The summed E-state index contributed by atoms with van der Waals surface area (Å²) in [6.45, 7) is 6.23. The molecule has 0 radical (unpaired) electrons. The van der Waals surface area contributed by atoms with E-state index in [1.807, 2.05) is 0 Å². The lowest BCUT2D eigenvalue weighted by atomic mass is 9.87. The number of carbonyl (C=O) groups is 1. The highest BCUT2D eigenvalue weighted by molar-refractivity contribution is 5.76. The van der Waals surface area contributed by atoms with E-state index in [2.05, 4.69) is 36.2 Å². The minimum Gasteiger partial charge on any atom is -0.481 e. The Morgan fingerprint density at radius 1 is 1.30 bits per heavy atom. The maximum absolute atomic E-state index is 10.8. The quantitative estimate of drug-likeness (QED) is 0.867. The Bertz CT molecular complexity index is 599. The highest BCUT2D eigenvalue weighted by Crippen LogP contribution is 2.39. The van der Waals surface area contributed by atoms with Crippen molar-refractivity contribution in [3.05, 3.63) is 23.3 Å². The minimum absolute atomic E-state index is 0.0547. The summed E-state index contributed by atoms with van der Waals surface area (Å²) < 4.78 is 0. The van der Waals surface area contributed by atoms with Crippen LogP contribution in [-0.4, -0.2) is 29.7 Å². The number of benzene rings is 1. The standard InChI is InChI=1S/C19H28N2O2/c1-3-19(2)13-21(10-6-9-18(22)23)17-12-15-8-5-4-7-14(15)11-16(17)20-19/h11-12,20H,3-10,13H2,1-2H3,(H,22,23). The topological polar surface area (TPSA) is 52.6 Å². The Hall–Kier alpha value is -1.71. The zero-order valence-corrected chi connectivity index (χ0v) is 14.3. The number of rotatable bonds is 5. The molecule has 0 spiro atoms. The van der Waals surface area contributed by atoms with Crippen LogP contribution < -0.4 is 10.2 Å². The molecule has 1 aliphatic carbocycles. The predicted octanol–water partition coefficient (Wildman–Crippen LogP) is 3.83. The first-order chi connectivity index (χ1) is 11.0. The lowest BCUT2D eigenvalue weighted by Gasteiger charge is -2.44. The van der Waals surface area contributed by atoms with Crippen LogP contribution in [0.1, 0.15) is 57.1 Å². The molecule has 3 rings (SSSR count). The molecule has 23 heavy (non-hydrogen) atoms. The van der Waals surface area contributed by atoms with Crippen LogP contribution in [0.15, 0.2) is 12.1 Å². The van der Waals surface area contributed by atoms with Crippen molar-refractivity contribution in [1.82, 2.24) is 0 Å². The fraction of sp³-hybridized carbons (Fsp3) is 0.632. The molecule has 126 valence electrons. The van der Waals surface area contributed by atoms with Crippen LogP contribution in [-0.2, 0) is 17.6 Å². The van der Waals surface area contributed by atoms with E-state index in [9.17, 15) is 4.79 Å². The third-order valence-corrected chi connectivity index (χ3v) is 5.38. The van der Waals surface area contributed by atoms with E-state index >= 15 is 0 Å². The van der Waals surface area contributed by atoms with E-state index in [4.69, 9.17) is 5.11 Å². The molecule has 1 aromatic carbocycles. The smallest absolute Gasteiger partial charge is 0.303 e. The summed E-state index contributed by atoms with van der Waals surface area (Å²) in [5.41, 5.74) is 5.53. The van der Waals surface area contributed by atoms with E-state index in [-0.39, 0.29) is 12.0 Å². The molecule has 0 bridgehead atoms. The maximum Gasteiger partial charge on any atom is 0.303 e. The maximum atomic E-state index is 10.8. The lowest BCUT2D eigenvalue weighted by molar-refractivity contribution is -0.137. The Kier molecular flexibility index (Phi) is 4.51. The molecule has 1 atom stereocenters. The van der Waals surface area contributed by atoms with Crippen molar-refractivity contribution in [1.29, 1.82) is 0 Å². The van der Waals surface area contributed by atoms with Crippen molar-refractivity contribution in [2.75, 3.05) is 23.3 Å². The fourth-order valence-corrected chi connectivity index (χ4v) is 3.83. The molecule has 1 aliphatic heterocycles. The van der Waals surface area contributed by atoms with Gasteiger partial charge >= 0.3 is 5.97 Å². The van der Waals surface area contributed by atoms with Crippen LogP contribution in [0.4, 0.5) is 11.4 Å². The second-order valence-corrected chi connectivity index (χ2v) is 7.30. The summed E-state index contributed by atoms with van der Waals surface area (Å²) in [4.78, 5) is 13.2. The Balaban J connectivity index is 1.89. The van der Waals surface area contributed by atoms with Crippen LogP contribution in [0.5, 0.6) is 0 Å². The molecular weight excluding hydrogens is 288 g/mol. The van der Waals surface area contributed by atoms with Crippen LogP contribution in [0, 0.1) is 0 Å². The van der Waals surface area contributed by atoms with Gasteiger partial charge in [0.2, 0.25) is 0 Å². The molecule has 1 unspecified atom stereocenters. The van der Waals surface area contributed by atoms with Gasteiger partial charge in [0.15, 0.2) is 0 Å². The third kappa shape index (κ3) is 3.46. The molecule has 2 aliphatic rings. The minimum atomic E-state index is -0.705. The summed E-state index contributed by atoms with van der Waals surface area (Å²) >= 11 is 0. The van der Waals surface area contributed by atoms with Gasteiger partial charge in [-0.1, -0.05) is 6.92 Å². The number of nitrogens with zero attached hydrogens (tertiary/aromatic N) is 1. The first-order valence-corrected chi connectivity index (χ1v) is 8.91. The molecule has 4 nitrogen and oxygen atoms in total. The number of hydrogen-bond acceptors (Lipinski definition) is 3. The molecule has 1 aromatic rings. The number of fused-ring (bicyclic) bond motifs is 2. The summed E-state index contributed by atoms with van der Waals surface area (Å²) in [7, 11) is 0. The number of aryl methyl sites for hydroxylation is 2.